The van der Waals surface area contributed by atoms with E-state index < -0.39 is 0 Å². The van der Waals surface area contributed by atoms with Gasteiger partial charge < -0.3 is 37.5 Å². The number of carbonyl (C=O) groups excluding carboxylic acids is 1. The number of hydrogen-bond acceptors (Lipinski definition) is 13. The van der Waals surface area contributed by atoms with Crippen molar-refractivity contribution in [2.24, 2.45) is 4.99 Å². The minimum Gasteiger partial charge on any atom is -0.497 e. The first kappa shape index (κ1) is 37.8. The summed E-state index contributed by atoms with van der Waals surface area (Å²) in [5, 5.41) is 17.8. The molecule has 286 valence electrons. The minimum atomic E-state index is -0.155. The molecule has 1 amide bonds. The second kappa shape index (κ2) is 17.7. The molecule has 0 bridgehead atoms. The van der Waals surface area contributed by atoms with Gasteiger partial charge in [-0.1, -0.05) is 41.9 Å². The van der Waals surface area contributed by atoms with Crippen LogP contribution < -0.4 is 37.5 Å². The number of halogens is 1. The Hall–Kier alpha value is -6.54. The summed E-state index contributed by atoms with van der Waals surface area (Å²) < 4.78 is 5.47. The topological polar surface area (TPSA) is 203 Å². The summed E-state index contributed by atoms with van der Waals surface area (Å²) in [5.41, 5.74) is 16.9. The number of carbonyl (C=O) groups is 1. The van der Waals surface area contributed by atoms with Crippen molar-refractivity contribution in [3.63, 3.8) is 0 Å². The van der Waals surface area contributed by atoms with Gasteiger partial charge in [0.15, 0.2) is 0 Å². The quantitative estimate of drug-likeness (QED) is 0.0312. The van der Waals surface area contributed by atoms with E-state index in [4.69, 9.17) is 37.8 Å². The number of unbranched alkanes of at least 4 members (excludes halogenated alkanes) is 2. The number of rotatable bonds is 17. The van der Waals surface area contributed by atoms with Crippen LogP contribution in [0.5, 0.6) is 5.75 Å². The first-order valence-corrected chi connectivity index (χ1v) is 18.9. The van der Waals surface area contributed by atoms with Crippen molar-refractivity contribution in [2.45, 2.75) is 25.7 Å². The number of para-hydroxylation sites is 2. The van der Waals surface area contributed by atoms with Crippen LogP contribution in [0.3, 0.4) is 0 Å². The van der Waals surface area contributed by atoms with E-state index in [0.29, 0.717) is 54.8 Å². The molecule has 0 aliphatic rings. The molecule has 0 atom stereocenters. The Kier molecular flexibility index (Phi) is 12.0. The van der Waals surface area contributed by atoms with Crippen molar-refractivity contribution < 1.29 is 9.53 Å². The Labute approximate surface area is 328 Å². The zero-order chi connectivity index (χ0) is 38.9. The number of nitrogens with one attached hydrogen (secondary N) is 4. The zero-order valence-electron chi connectivity index (χ0n) is 31.0. The number of fused-ring (bicyclic) bond motifs is 4. The lowest BCUT2D eigenvalue weighted by Gasteiger charge is -2.15. The normalized spacial score (nSPS) is 11.5. The van der Waals surface area contributed by atoms with Crippen LogP contribution in [0.2, 0.25) is 5.02 Å². The highest BCUT2D eigenvalue weighted by molar-refractivity contribution is 6.31. The average Bonchev–Trinajstić information content (AvgIpc) is 3.19. The van der Waals surface area contributed by atoms with Gasteiger partial charge in [0, 0.05) is 65.5 Å². The van der Waals surface area contributed by atoms with Crippen LogP contribution in [0.15, 0.2) is 83.9 Å². The van der Waals surface area contributed by atoms with Crippen LogP contribution in [0.4, 0.5) is 29.2 Å². The number of aromatic nitrogens is 5. The molecule has 0 spiro atoms. The van der Waals surface area contributed by atoms with Crippen molar-refractivity contribution in [2.75, 3.05) is 67.3 Å². The van der Waals surface area contributed by atoms with Crippen LogP contribution in [-0.2, 0) is 0 Å². The number of nitrogens with zero attached hydrogens (tertiary/aromatic N) is 6. The van der Waals surface area contributed by atoms with E-state index in [1.54, 1.807) is 7.11 Å². The molecule has 14 nitrogen and oxygen atoms in total. The van der Waals surface area contributed by atoms with Crippen LogP contribution in [0, 0.1) is 0 Å². The number of aliphatic imine (C=N–C) groups is 1. The van der Waals surface area contributed by atoms with E-state index in [1.165, 1.54) is 0 Å². The summed E-state index contributed by atoms with van der Waals surface area (Å²) in [4.78, 5) is 39.7. The van der Waals surface area contributed by atoms with Gasteiger partial charge in [-0.25, -0.2) is 9.97 Å². The number of amides is 1. The number of pyridine rings is 2. The second-order valence-corrected chi connectivity index (χ2v) is 13.5. The van der Waals surface area contributed by atoms with E-state index in [1.807, 2.05) is 85.1 Å². The number of anilines is 5. The van der Waals surface area contributed by atoms with Gasteiger partial charge in [0.2, 0.25) is 17.8 Å². The number of nitrogens with two attached hydrogens (primary N) is 2. The van der Waals surface area contributed by atoms with Crippen molar-refractivity contribution in [3.05, 3.63) is 89.4 Å². The molecular weight excluding hydrogens is 728 g/mol. The first-order valence-electron chi connectivity index (χ1n) is 18.5. The number of nitrogen functional groups attached to an aromatic ring is 2. The van der Waals surface area contributed by atoms with Gasteiger partial charge in [-0.2, -0.15) is 15.0 Å². The highest BCUT2D eigenvalue weighted by Crippen LogP contribution is 2.35. The standard InChI is InChI=1S/C41H43ClN12O2/c1-56-26-14-16-33-31(24-26)36(28-15-13-25(42)23-34(28)50-33)47-22-21-45-17-4-5-19-48-38(55)30-11-8-10-29-35(27-9-2-3-12-32(27)51-37(29)30)46-18-6-7-20-49-41-53-39(43)52-40(44)54-41/h2-3,8-16,21,23-24H,4-7,17-20,22H2,1H3,(H,46,51)(H,47,50)(H,48,55)(H5,43,44,49,52,53,54). The van der Waals surface area contributed by atoms with E-state index in [0.717, 1.165) is 80.9 Å². The molecule has 0 unspecified atom stereocenters. The highest BCUT2D eigenvalue weighted by atomic mass is 35.5. The Balaban J connectivity index is 0.914. The number of ether oxygens (including phenoxy) is 1. The first-order chi connectivity index (χ1) is 27.4. The Morgan fingerprint density at radius 1 is 0.714 bits per heavy atom. The Morgan fingerprint density at radius 2 is 1.45 bits per heavy atom. The summed E-state index contributed by atoms with van der Waals surface area (Å²) in [6, 6.07) is 25.2. The van der Waals surface area contributed by atoms with Gasteiger partial charge in [-0.05, 0) is 74.2 Å². The fourth-order valence-electron chi connectivity index (χ4n) is 6.58. The molecule has 8 N–H and O–H groups in total. The van der Waals surface area contributed by atoms with E-state index in [-0.39, 0.29) is 17.8 Å². The van der Waals surface area contributed by atoms with Gasteiger partial charge in [0.25, 0.3) is 5.91 Å². The highest BCUT2D eigenvalue weighted by Gasteiger charge is 2.16. The lowest BCUT2D eigenvalue weighted by atomic mass is 10.0. The molecule has 0 aliphatic carbocycles. The monoisotopic (exact) mass is 770 g/mol. The third-order valence-corrected chi connectivity index (χ3v) is 9.49. The molecule has 3 heterocycles. The largest absolute Gasteiger partial charge is 0.497 e. The molecule has 3 aromatic heterocycles. The lowest BCUT2D eigenvalue weighted by molar-refractivity contribution is 0.0954. The maximum absolute atomic E-state index is 13.5. The molecule has 7 aromatic rings. The molecule has 15 heteroatoms. The summed E-state index contributed by atoms with van der Waals surface area (Å²) in [6.45, 7) is 3.06. The minimum absolute atomic E-state index is 0.0798. The molecule has 0 aliphatic heterocycles. The summed E-state index contributed by atoms with van der Waals surface area (Å²) in [6.07, 6.45) is 5.21. The van der Waals surface area contributed by atoms with Crippen LogP contribution in [0.1, 0.15) is 36.0 Å². The predicted octanol–water partition coefficient (Wildman–Crippen LogP) is 7.10. The maximum atomic E-state index is 13.5. The number of methoxy groups -OCH3 is 1. The summed E-state index contributed by atoms with van der Waals surface area (Å²) in [5.74, 6) is 1.12. The fourth-order valence-corrected chi connectivity index (χ4v) is 6.75. The van der Waals surface area contributed by atoms with E-state index >= 15 is 0 Å². The van der Waals surface area contributed by atoms with Gasteiger partial charge in [0.05, 0.1) is 46.1 Å². The predicted molar refractivity (Wildman–Crippen MR) is 228 cm³/mol. The molecule has 0 fully saturated rings. The average molecular weight is 771 g/mol. The van der Waals surface area contributed by atoms with E-state index in [9.17, 15) is 4.79 Å². The van der Waals surface area contributed by atoms with Crippen molar-refractivity contribution in [3.8, 4) is 5.75 Å². The van der Waals surface area contributed by atoms with Crippen molar-refractivity contribution in [1.82, 2.24) is 30.2 Å². The van der Waals surface area contributed by atoms with Crippen LogP contribution in [-0.4, -0.2) is 76.9 Å². The van der Waals surface area contributed by atoms with Gasteiger partial charge >= 0.3 is 0 Å². The van der Waals surface area contributed by atoms with Gasteiger partial charge in [0.1, 0.15) is 5.75 Å². The SMILES string of the molecule is COc1ccc2nc3cc(Cl)ccc3c(NCC=NCCCCNC(=O)c3cccc4c(NCCCCNc5nc(N)nc(N)n5)c5ccccc5nc34)c2c1. The lowest BCUT2D eigenvalue weighted by Crippen LogP contribution is -2.25. The molecule has 7 rings (SSSR count). The third-order valence-electron chi connectivity index (χ3n) is 9.26. The number of hydrogen-bond donors (Lipinski definition) is 6. The Bertz CT molecular complexity index is 2530. The van der Waals surface area contributed by atoms with Crippen molar-refractivity contribution >= 4 is 96.6 Å². The maximum Gasteiger partial charge on any atom is 0.253 e. The molecule has 4 aromatic carbocycles. The Morgan fingerprint density at radius 3 is 2.29 bits per heavy atom. The van der Waals surface area contributed by atoms with Gasteiger partial charge in [-0.15, -0.1) is 0 Å². The van der Waals surface area contributed by atoms with E-state index in [2.05, 4.69) is 41.2 Å². The molecular formula is C41H43ClN12O2. The molecule has 0 saturated carbocycles. The second-order valence-electron chi connectivity index (χ2n) is 13.1. The molecule has 56 heavy (non-hydrogen) atoms. The molecule has 0 radical (unpaired) electrons. The fraction of sp³-hybridized carbons (Fsp3) is 0.244. The van der Waals surface area contributed by atoms with Crippen LogP contribution in [0.25, 0.3) is 43.6 Å². The number of benzene rings is 4. The molecule has 0 saturated heterocycles. The smallest absolute Gasteiger partial charge is 0.253 e. The van der Waals surface area contributed by atoms with Gasteiger partial charge in [-0.3, -0.25) is 9.79 Å². The zero-order valence-corrected chi connectivity index (χ0v) is 31.7. The van der Waals surface area contributed by atoms with Crippen LogP contribution >= 0.6 is 11.6 Å². The third kappa shape index (κ3) is 8.87. The van der Waals surface area contributed by atoms with Crippen molar-refractivity contribution in [1.29, 1.82) is 0 Å². The summed E-state index contributed by atoms with van der Waals surface area (Å²) in [7, 11) is 1.65. The summed E-state index contributed by atoms with van der Waals surface area (Å²) >= 11 is 6.27.